The van der Waals surface area contributed by atoms with Crippen molar-refractivity contribution < 1.29 is 23.9 Å². The van der Waals surface area contributed by atoms with Crippen molar-refractivity contribution in [1.29, 1.82) is 0 Å². The molecule has 15 nitrogen and oxygen atoms in total. The number of ether oxygens (including phenoxy) is 2. The monoisotopic (exact) mass is 1310 g/mol. The van der Waals surface area contributed by atoms with Gasteiger partial charge in [0.1, 0.15) is 0 Å². The highest BCUT2D eigenvalue weighted by Gasteiger charge is 2.23. The van der Waals surface area contributed by atoms with Gasteiger partial charge >= 0.3 is 11.9 Å². The molecule has 12 rings (SSSR count). The van der Waals surface area contributed by atoms with Crippen molar-refractivity contribution in [3.05, 3.63) is 230 Å². The van der Waals surface area contributed by atoms with Crippen LogP contribution >= 0.6 is 96.3 Å². The first-order valence-electron chi connectivity index (χ1n) is 25.5. The Morgan fingerprint density at radius 1 is 0.476 bits per heavy atom. The molecule has 0 aliphatic rings. The van der Waals surface area contributed by atoms with Crippen LogP contribution in [0.5, 0.6) is 0 Å². The van der Waals surface area contributed by atoms with Crippen molar-refractivity contribution in [2.75, 3.05) is 13.2 Å². The Hall–Kier alpha value is -7.72. The second kappa shape index (κ2) is 29.2. The van der Waals surface area contributed by atoms with E-state index >= 15 is 0 Å². The predicted molar refractivity (Wildman–Crippen MR) is 340 cm³/mol. The number of thiophene rings is 3. The fourth-order valence-electron chi connectivity index (χ4n) is 8.12. The van der Waals surface area contributed by atoms with Crippen LogP contribution in [0.15, 0.2) is 165 Å². The molecule has 3 aromatic carbocycles. The van der Waals surface area contributed by atoms with E-state index in [1.807, 2.05) is 134 Å². The van der Waals surface area contributed by atoms with Crippen LogP contribution in [0, 0.1) is 0 Å². The zero-order valence-corrected chi connectivity index (χ0v) is 51.4. The van der Waals surface area contributed by atoms with Crippen LogP contribution in [-0.2, 0) is 27.6 Å². The van der Waals surface area contributed by atoms with Gasteiger partial charge in [0, 0.05) is 101 Å². The molecule has 0 saturated heterocycles. The number of halogens is 5. The molecule has 0 unspecified atom stereocenters. The van der Waals surface area contributed by atoms with Crippen LogP contribution in [0.3, 0.4) is 0 Å². The Bertz CT molecular complexity index is 4230. The summed E-state index contributed by atoms with van der Waals surface area (Å²) in [6, 6.07) is 40.3. The summed E-state index contributed by atoms with van der Waals surface area (Å²) in [6.45, 7) is 4.08. The number of benzene rings is 3. The molecule has 0 fully saturated rings. The Morgan fingerprint density at radius 2 is 0.833 bits per heavy atom. The van der Waals surface area contributed by atoms with Crippen molar-refractivity contribution in [2.24, 2.45) is 5.73 Å². The molecule has 1 amide bonds. The minimum atomic E-state index is -0.583. The Morgan fingerprint density at radius 3 is 1.19 bits per heavy atom. The van der Waals surface area contributed by atoms with Gasteiger partial charge in [-0.3, -0.25) is 19.7 Å². The number of carbonyl (C=O) groups excluding carboxylic acids is 3. The Kier molecular flexibility index (Phi) is 21.2. The number of hydrogen-bond donors (Lipinski definition) is 1. The van der Waals surface area contributed by atoms with Gasteiger partial charge in [0.2, 0.25) is 0 Å². The summed E-state index contributed by atoms with van der Waals surface area (Å²) in [7, 11) is 0. The number of pyridine rings is 3. The predicted octanol–water partition coefficient (Wildman–Crippen LogP) is 16.1. The lowest BCUT2D eigenvalue weighted by atomic mass is 10.1. The summed E-state index contributed by atoms with van der Waals surface area (Å²) in [4.78, 5) is 51.3. The number of aromatic nitrogens is 9. The third-order valence-electron chi connectivity index (χ3n) is 12.1. The molecule has 9 heterocycles. The Balaban J connectivity index is 0.000000142. The molecule has 2 N–H and O–H groups in total. The summed E-state index contributed by atoms with van der Waals surface area (Å²) in [5.74, 6) is -1.54. The molecule has 12 aromatic rings. The molecular weight excluding hydrogens is 1270 g/mol. The number of esters is 2. The van der Waals surface area contributed by atoms with Gasteiger partial charge < -0.3 is 15.2 Å². The van der Waals surface area contributed by atoms with Gasteiger partial charge in [0.25, 0.3) is 5.91 Å². The lowest BCUT2D eigenvalue weighted by Gasteiger charge is -2.05. The zero-order chi connectivity index (χ0) is 59.1. The lowest BCUT2D eigenvalue weighted by molar-refractivity contribution is 0.0511. The van der Waals surface area contributed by atoms with Gasteiger partial charge in [-0.15, -0.1) is 54.4 Å². The number of nitrogens with zero attached hydrogens (tertiary/aromatic N) is 9. The first-order chi connectivity index (χ1) is 40.8. The smallest absolute Gasteiger partial charge is 0.360 e. The number of alkyl halides is 1. The second-order valence-corrected chi connectivity index (χ2v) is 23.2. The molecule has 0 atom stereocenters. The van der Waals surface area contributed by atoms with E-state index < -0.39 is 17.8 Å². The molecule has 0 aliphatic heterocycles. The molecule has 84 heavy (non-hydrogen) atoms. The summed E-state index contributed by atoms with van der Waals surface area (Å²) in [5, 5.41) is 30.2. The van der Waals surface area contributed by atoms with Crippen molar-refractivity contribution in [2.45, 2.75) is 32.0 Å². The maximum Gasteiger partial charge on any atom is 0.360 e. The first kappa shape index (κ1) is 60.9. The van der Waals surface area contributed by atoms with Gasteiger partial charge in [-0.1, -0.05) is 117 Å². The van der Waals surface area contributed by atoms with E-state index in [4.69, 9.17) is 61.6 Å². The largest absolute Gasteiger partial charge is 0.461 e. The third-order valence-corrected chi connectivity index (χ3v) is 17.3. The van der Waals surface area contributed by atoms with E-state index in [1.54, 1.807) is 44.8 Å². The lowest BCUT2D eigenvalue weighted by Crippen LogP contribution is -2.14. The van der Waals surface area contributed by atoms with Crippen LogP contribution in [0.25, 0.3) is 61.6 Å². The number of hydrogen-bond acceptors (Lipinski definition) is 17. The van der Waals surface area contributed by atoms with Crippen molar-refractivity contribution in [3.8, 4) is 31.3 Å². The Labute approximate surface area is 522 Å². The number of primary amides is 1. The number of nitrogens with two attached hydrogens (primary N) is 1. The standard InChI is InChI=1S/C21H16ClN3O2S.C19H13ClN4OS.C15H10Cl2N2O2S.C6H6BrN/c1-2-27-21(26)19-20-16(11-18(28-20)14-5-7-15(22)8-6-14)17(24-25-19)10-13-4-3-9-23-12-13;20-13-5-3-12(4-6-13)16-9-14-15(8-11-2-1-7-22-10-11)23-24-17(19(21)25)18(14)26-16;1-2-21-15(20)12-13-10(14(17)19-18-12)7-11(22-13)8-3-5-9(16)6-4-8;7-4-6-2-1-3-8-5-6/h3-9,11-12H,2,10H2,1H3;1-7,9-10H,8H2,(H2,21,25);3-7H,2H2,1H3;1-3,5H,4H2. The minimum absolute atomic E-state index is 0.187. The summed E-state index contributed by atoms with van der Waals surface area (Å²) in [6.07, 6.45) is 11.8. The molecule has 9 aromatic heterocycles. The summed E-state index contributed by atoms with van der Waals surface area (Å²) >= 11 is 31.7. The maximum absolute atomic E-state index is 12.4. The summed E-state index contributed by atoms with van der Waals surface area (Å²) in [5.41, 5.74) is 14.0. The van der Waals surface area contributed by atoms with Crippen molar-refractivity contribution in [3.63, 3.8) is 0 Å². The zero-order valence-electron chi connectivity index (χ0n) is 44.4. The fourth-order valence-corrected chi connectivity index (χ4v) is 12.5. The van der Waals surface area contributed by atoms with Crippen LogP contribution in [0.4, 0.5) is 0 Å². The first-order valence-corrected chi connectivity index (χ1v) is 30.6. The molecule has 0 aliphatic carbocycles. The van der Waals surface area contributed by atoms with E-state index in [-0.39, 0.29) is 35.4 Å². The molecule has 0 saturated carbocycles. The topological polar surface area (TPSA) is 212 Å². The van der Waals surface area contributed by atoms with E-state index in [0.29, 0.717) is 38.0 Å². The van der Waals surface area contributed by atoms with Gasteiger partial charge in [0.05, 0.1) is 38.7 Å². The van der Waals surface area contributed by atoms with Gasteiger partial charge in [0.15, 0.2) is 22.2 Å². The number of carbonyl (C=O) groups is 3. The maximum atomic E-state index is 12.4. The van der Waals surface area contributed by atoms with E-state index in [1.165, 1.54) is 39.6 Å². The van der Waals surface area contributed by atoms with E-state index in [9.17, 15) is 14.4 Å². The number of rotatable bonds is 13. The van der Waals surface area contributed by atoms with E-state index in [0.717, 1.165) is 79.3 Å². The van der Waals surface area contributed by atoms with Crippen LogP contribution in [-0.4, -0.2) is 76.6 Å². The highest BCUT2D eigenvalue weighted by atomic mass is 79.9. The normalized spacial score (nSPS) is 10.8. The molecular formula is C61H45BrCl4N10O5S3. The average molecular weight is 1320 g/mol. The second-order valence-electron chi connectivity index (χ2n) is 17.8. The quantitative estimate of drug-likeness (QED) is 0.0841. The SMILES string of the molecule is BrCc1cccnc1.CCOC(=O)c1nnc(Cc2cccnc2)c2cc(-c3ccc(Cl)cc3)sc12.CCOC(=O)c1nnc(Cl)c2cc(-c3ccc(Cl)cc3)sc12.NC(=O)c1nnc(Cc2cccnc2)c2cc(-c3ccc(Cl)cc3)sc12. The molecule has 23 heteroatoms. The molecule has 0 radical (unpaired) electrons. The number of fused-ring (bicyclic) bond motifs is 3. The van der Waals surface area contributed by atoms with Crippen LogP contribution in [0.1, 0.15) is 73.4 Å². The fraction of sp³-hybridized carbons (Fsp3) is 0.115. The van der Waals surface area contributed by atoms with Crippen molar-refractivity contribution >= 4 is 144 Å². The van der Waals surface area contributed by atoms with Crippen LogP contribution < -0.4 is 5.73 Å². The highest BCUT2D eigenvalue weighted by molar-refractivity contribution is 9.08. The van der Waals surface area contributed by atoms with Gasteiger partial charge in [-0.05, 0) is 120 Å². The van der Waals surface area contributed by atoms with Gasteiger partial charge in [-0.25, -0.2) is 9.59 Å². The van der Waals surface area contributed by atoms with Crippen molar-refractivity contribution in [1.82, 2.24) is 45.5 Å². The van der Waals surface area contributed by atoms with E-state index in [2.05, 4.69) is 61.5 Å². The molecule has 422 valence electrons. The third kappa shape index (κ3) is 15.3. The summed E-state index contributed by atoms with van der Waals surface area (Å²) < 4.78 is 12.4. The van der Waals surface area contributed by atoms with Gasteiger partial charge in [-0.2, -0.15) is 10.2 Å². The molecule has 0 bridgehead atoms. The average Bonchev–Trinajstić information content (AvgIpc) is 4.38. The number of amides is 1. The molecule has 0 spiro atoms. The minimum Gasteiger partial charge on any atom is -0.461 e. The highest BCUT2D eigenvalue weighted by Crippen LogP contribution is 2.40. The van der Waals surface area contributed by atoms with Crippen LogP contribution in [0.2, 0.25) is 20.2 Å².